The molecule has 100 valence electrons. The van der Waals surface area contributed by atoms with E-state index in [2.05, 4.69) is 34.8 Å². The van der Waals surface area contributed by atoms with Gasteiger partial charge < -0.3 is 4.90 Å². The number of halogens is 1. The van der Waals surface area contributed by atoms with Crippen LogP contribution < -0.4 is 4.90 Å². The number of likely N-dealkylation sites (tertiary alicyclic amines) is 1. The summed E-state index contributed by atoms with van der Waals surface area (Å²) in [5, 5.41) is 0. The van der Waals surface area contributed by atoms with Gasteiger partial charge in [0.15, 0.2) is 0 Å². The van der Waals surface area contributed by atoms with Crippen LogP contribution in [-0.4, -0.2) is 42.6 Å². The number of aromatic nitrogens is 1. The van der Waals surface area contributed by atoms with E-state index in [4.69, 9.17) is 11.6 Å². The van der Waals surface area contributed by atoms with Crippen molar-refractivity contribution >= 4 is 17.4 Å². The summed E-state index contributed by atoms with van der Waals surface area (Å²) in [6, 6.07) is 6.73. The van der Waals surface area contributed by atoms with Gasteiger partial charge in [-0.1, -0.05) is 13.0 Å². The molecule has 0 aromatic carbocycles. The minimum atomic E-state index is 0.478. The van der Waals surface area contributed by atoms with Gasteiger partial charge in [0, 0.05) is 19.6 Å². The number of pyridine rings is 1. The van der Waals surface area contributed by atoms with E-state index in [0.29, 0.717) is 11.9 Å². The van der Waals surface area contributed by atoms with E-state index in [9.17, 15) is 0 Å². The first-order chi connectivity index (χ1) is 8.74. The lowest BCUT2D eigenvalue weighted by Crippen LogP contribution is -2.39. The minimum Gasteiger partial charge on any atom is -0.358 e. The third-order valence-electron chi connectivity index (χ3n) is 3.71. The van der Waals surface area contributed by atoms with Crippen LogP contribution in [0.2, 0.25) is 0 Å². The fourth-order valence-corrected chi connectivity index (χ4v) is 2.83. The molecule has 1 unspecified atom stereocenters. The van der Waals surface area contributed by atoms with Crippen LogP contribution in [0.3, 0.4) is 0 Å². The number of alkyl halides is 1. The van der Waals surface area contributed by atoms with Crippen LogP contribution in [0, 0.1) is 0 Å². The monoisotopic (exact) mass is 267 g/mol. The lowest BCUT2D eigenvalue weighted by molar-refractivity contribution is 0.270. The molecule has 1 saturated heterocycles. The van der Waals surface area contributed by atoms with E-state index in [1.807, 2.05) is 12.1 Å². The number of rotatable bonds is 5. The molecule has 3 nitrogen and oxygen atoms in total. The van der Waals surface area contributed by atoms with Crippen LogP contribution in [0.1, 0.15) is 25.5 Å². The van der Waals surface area contributed by atoms with Crippen molar-refractivity contribution in [2.45, 2.75) is 31.7 Å². The SMILES string of the molecule is CCN1CCCC1CN(C)c1cccc(CCl)n1. The summed E-state index contributed by atoms with van der Waals surface area (Å²) in [5.41, 5.74) is 0.944. The standard InChI is InChI=1S/C14H22ClN3/c1-3-18-9-5-7-13(18)11-17(2)14-8-4-6-12(10-15)16-14/h4,6,8,13H,3,5,7,9-11H2,1-2H3. The van der Waals surface area contributed by atoms with Gasteiger partial charge in [-0.3, -0.25) is 4.90 Å². The zero-order valence-corrected chi connectivity index (χ0v) is 12.0. The molecule has 1 aliphatic heterocycles. The number of hydrogen-bond donors (Lipinski definition) is 0. The third-order valence-corrected chi connectivity index (χ3v) is 3.98. The van der Waals surface area contributed by atoms with Crippen LogP contribution in [0.25, 0.3) is 0 Å². The predicted octanol–water partition coefficient (Wildman–Crippen LogP) is 2.74. The highest BCUT2D eigenvalue weighted by atomic mass is 35.5. The first-order valence-electron chi connectivity index (χ1n) is 6.71. The van der Waals surface area contributed by atoms with E-state index >= 15 is 0 Å². The molecule has 18 heavy (non-hydrogen) atoms. The highest BCUT2D eigenvalue weighted by Gasteiger charge is 2.24. The average Bonchev–Trinajstić information content (AvgIpc) is 2.86. The van der Waals surface area contributed by atoms with Crippen LogP contribution in [0.5, 0.6) is 0 Å². The Morgan fingerprint density at radius 2 is 2.33 bits per heavy atom. The highest BCUT2D eigenvalue weighted by Crippen LogP contribution is 2.19. The van der Waals surface area contributed by atoms with Crippen LogP contribution in [0.4, 0.5) is 5.82 Å². The van der Waals surface area contributed by atoms with E-state index in [0.717, 1.165) is 24.6 Å². The Kier molecular flexibility index (Phi) is 4.84. The number of anilines is 1. The summed E-state index contributed by atoms with van der Waals surface area (Å²) >= 11 is 5.83. The summed E-state index contributed by atoms with van der Waals surface area (Å²) < 4.78 is 0. The van der Waals surface area contributed by atoms with Gasteiger partial charge in [0.25, 0.3) is 0 Å². The number of likely N-dealkylation sites (N-methyl/N-ethyl adjacent to an activating group) is 2. The summed E-state index contributed by atoms with van der Waals surface area (Å²) in [4.78, 5) is 9.36. The highest BCUT2D eigenvalue weighted by molar-refractivity contribution is 6.16. The Morgan fingerprint density at radius 3 is 3.06 bits per heavy atom. The molecule has 0 saturated carbocycles. The van der Waals surface area contributed by atoms with Gasteiger partial charge in [0.1, 0.15) is 5.82 Å². The van der Waals surface area contributed by atoms with Crippen LogP contribution in [0.15, 0.2) is 18.2 Å². The molecule has 2 rings (SSSR count). The fourth-order valence-electron chi connectivity index (χ4n) is 2.68. The zero-order chi connectivity index (χ0) is 13.0. The minimum absolute atomic E-state index is 0.478. The van der Waals surface area contributed by atoms with Crippen LogP contribution >= 0.6 is 11.6 Å². The molecule has 0 radical (unpaired) electrons. The molecule has 0 N–H and O–H groups in total. The van der Waals surface area contributed by atoms with Gasteiger partial charge >= 0.3 is 0 Å². The first-order valence-corrected chi connectivity index (χ1v) is 7.25. The van der Waals surface area contributed by atoms with Crippen molar-refractivity contribution in [2.75, 3.05) is 31.6 Å². The molecule has 1 aromatic heterocycles. The van der Waals surface area contributed by atoms with Crippen LogP contribution in [-0.2, 0) is 5.88 Å². The predicted molar refractivity (Wildman–Crippen MR) is 77.3 cm³/mol. The second kappa shape index (κ2) is 6.39. The van der Waals surface area contributed by atoms with E-state index < -0.39 is 0 Å². The quantitative estimate of drug-likeness (QED) is 0.765. The summed E-state index contributed by atoms with van der Waals surface area (Å²) in [5.74, 6) is 1.50. The third kappa shape index (κ3) is 3.15. The van der Waals surface area contributed by atoms with Gasteiger partial charge in [0.05, 0.1) is 11.6 Å². The molecule has 1 aliphatic rings. The number of hydrogen-bond acceptors (Lipinski definition) is 3. The number of nitrogens with zero attached hydrogens (tertiary/aromatic N) is 3. The van der Waals surface area contributed by atoms with Crippen molar-refractivity contribution in [3.05, 3.63) is 23.9 Å². The second-order valence-corrected chi connectivity index (χ2v) is 5.19. The fraction of sp³-hybridized carbons (Fsp3) is 0.643. The zero-order valence-electron chi connectivity index (χ0n) is 11.3. The van der Waals surface area contributed by atoms with Gasteiger partial charge in [-0.15, -0.1) is 11.6 Å². The van der Waals surface area contributed by atoms with E-state index in [1.165, 1.54) is 19.4 Å². The maximum Gasteiger partial charge on any atom is 0.128 e. The van der Waals surface area contributed by atoms with Crippen molar-refractivity contribution in [1.29, 1.82) is 0 Å². The molecule has 2 heterocycles. The van der Waals surface area contributed by atoms with Crippen molar-refractivity contribution in [1.82, 2.24) is 9.88 Å². The Bertz CT molecular complexity index is 383. The van der Waals surface area contributed by atoms with E-state index in [-0.39, 0.29) is 0 Å². The molecule has 1 aromatic rings. The van der Waals surface area contributed by atoms with Crippen molar-refractivity contribution in [2.24, 2.45) is 0 Å². The molecule has 1 fully saturated rings. The van der Waals surface area contributed by atoms with E-state index in [1.54, 1.807) is 0 Å². The Balaban J connectivity index is 2.00. The van der Waals surface area contributed by atoms with Gasteiger partial charge in [-0.05, 0) is 38.1 Å². The molecule has 1 atom stereocenters. The van der Waals surface area contributed by atoms with Crippen molar-refractivity contribution in [3.8, 4) is 0 Å². The molecule has 0 spiro atoms. The average molecular weight is 268 g/mol. The van der Waals surface area contributed by atoms with Crippen molar-refractivity contribution in [3.63, 3.8) is 0 Å². The summed E-state index contributed by atoms with van der Waals surface area (Å²) in [7, 11) is 2.12. The second-order valence-electron chi connectivity index (χ2n) is 4.93. The van der Waals surface area contributed by atoms with Crippen molar-refractivity contribution < 1.29 is 0 Å². The molecular weight excluding hydrogens is 246 g/mol. The lowest BCUT2D eigenvalue weighted by Gasteiger charge is -2.28. The maximum atomic E-state index is 5.83. The molecular formula is C14H22ClN3. The molecule has 0 bridgehead atoms. The first kappa shape index (κ1) is 13.6. The molecule has 4 heteroatoms. The Labute approximate surface area is 115 Å². The summed E-state index contributed by atoms with van der Waals surface area (Å²) in [6.07, 6.45) is 2.62. The normalized spacial score (nSPS) is 20.3. The topological polar surface area (TPSA) is 19.4 Å². The Hall–Kier alpha value is -0.800. The van der Waals surface area contributed by atoms with Gasteiger partial charge in [0.2, 0.25) is 0 Å². The summed E-state index contributed by atoms with van der Waals surface area (Å²) in [6.45, 7) is 5.68. The molecule has 0 aliphatic carbocycles. The maximum absolute atomic E-state index is 5.83. The Morgan fingerprint density at radius 1 is 1.50 bits per heavy atom. The van der Waals surface area contributed by atoms with Gasteiger partial charge in [-0.25, -0.2) is 4.98 Å². The lowest BCUT2D eigenvalue weighted by atomic mass is 10.2. The smallest absolute Gasteiger partial charge is 0.128 e. The van der Waals surface area contributed by atoms with Gasteiger partial charge in [-0.2, -0.15) is 0 Å². The molecule has 0 amide bonds. The largest absolute Gasteiger partial charge is 0.358 e.